The van der Waals surface area contributed by atoms with Crippen molar-refractivity contribution in [1.29, 1.82) is 0 Å². The first kappa shape index (κ1) is 19.5. The van der Waals surface area contributed by atoms with Crippen LogP contribution in [-0.4, -0.2) is 26.3 Å². The molecule has 0 aliphatic heterocycles. The maximum atomic E-state index is 13.2. The second-order valence-corrected chi connectivity index (χ2v) is 6.53. The van der Waals surface area contributed by atoms with Crippen molar-refractivity contribution < 1.29 is 23.4 Å². The number of aryl methyl sites for hydroxylation is 2. The Morgan fingerprint density at radius 3 is 2.29 bits per heavy atom. The molecule has 1 atom stereocenters. The van der Waals surface area contributed by atoms with Crippen molar-refractivity contribution in [3.8, 4) is 22.8 Å². The molecule has 0 amide bonds. The number of methoxy groups -OCH3 is 2. The predicted octanol–water partition coefficient (Wildman–Crippen LogP) is 4.03. The molecule has 0 spiro atoms. The van der Waals surface area contributed by atoms with Crippen LogP contribution in [0.2, 0.25) is 0 Å². The molecule has 6 nitrogen and oxygen atoms in total. The monoisotopic (exact) mass is 382 g/mol. The van der Waals surface area contributed by atoms with Crippen molar-refractivity contribution >= 4 is 16.9 Å². The Kier molecular flexibility index (Phi) is 5.40. The molecule has 146 valence electrons. The van der Waals surface area contributed by atoms with Gasteiger partial charge in [0.25, 0.3) is 0 Å². The van der Waals surface area contributed by atoms with Crippen molar-refractivity contribution in [2.45, 2.75) is 26.9 Å². The average molecular weight is 382 g/mol. The predicted molar refractivity (Wildman–Crippen MR) is 106 cm³/mol. The highest BCUT2D eigenvalue weighted by Gasteiger charge is 2.23. The van der Waals surface area contributed by atoms with Gasteiger partial charge in [-0.25, -0.2) is 4.79 Å². The SMILES string of the molecule is COC(=O)[C@H](C)Oc1c(-c2ccc(OC)cc2)oc2cc(C)c(C)cc2c1=O. The van der Waals surface area contributed by atoms with E-state index < -0.39 is 12.1 Å². The van der Waals surface area contributed by atoms with Gasteiger partial charge in [-0.15, -0.1) is 0 Å². The Bertz CT molecular complexity index is 1080. The van der Waals surface area contributed by atoms with Gasteiger partial charge in [-0.2, -0.15) is 0 Å². The molecular weight excluding hydrogens is 360 g/mol. The number of esters is 1. The molecule has 2 aromatic carbocycles. The van der Waals surface area contributed by atoms with E-state index in [1.165, 1.54) is 14.0 Å². The van der Waals surface area contributed by atoms with Gasteiger partial charge in [0, 0.05) is 5.56 Å². The fraction of sp³-hybridized carbons (Fsp3) is 0.273. The highest BCUT2D eigenvalue weighted by molar-refractivity contribution is 5.84. The van der Waals surface area contributed by atoms with Gasteiger partial charge in [-0.3, -0.25) is 4.79 Å². The average Bonchev–Trinajstić information content (AvgIpc) is 2.70. The largest absolute Gasteiger partial charge is 0.497 e. The summed E-state index contributed by atoms with van der Waals surface area (Å²) in [6.45, 7) is 5.39. The summed E-state index contributed by atoms with van der Waals surface area (Å²) in [5.74, 6) is 0.307. The van der Waals surface area contributed by atoms with E-state index in [0.29, 0.717) is 22.3 Å². The summed E-state index contributed by atoms with van der Waals surface area (Å²) >= 11 is 0. The highest BCUT2D eigenvalue weighted by Crippen LogP contribution is 2.33. The van der Waals surface area contributed by atoms with Crippen LogP contribution in [0.25, 0.3) is 22.3 Å². The molecule has 0 radical (unpaired) electrons. The first-order valence-electron chi connectivity index (χ1n) is 8.82. The number of carbonyl (C=O) groups is 1. The Morgan fingerprint density at radius 1 is 1.04 bits per heavy atom. The lowest BCUT2D eigenvalue weighted by Crippen LogP contribution is -2.27. The van der Waals surface area contributed by atoms with E-state index in [-0.39, 0.29) is 16.9 Å². The molecule has 3 aromatic rings. The van der Waals surface area contributed by atoms with E-state index in [9.17, 15) is 9.59 Å². The summed E-state index contributed by atoms with van der Waals surface area (Å²) in [6, 6.07) is 10.6. The van der Waals surface area contributed by atoms with Crippen molar-refractivity contribution in [3.05, 3.63) is 57.7 Å². The van der Waals surface area contributed by atoms with Gasteiger partial charge in [0.1, 0.15) is 11.3 Å². The normalized spacial score (nSPS) is 11.9. The molecule has 0 saturated carbocycles. The first-order chi connectivity index (χ1) is 13.3. The van der Waals surface area contributed by atoms with Crippen molar-refractivity contribution in [1.82, 2.24) is 0 Å². The number of rotatable bonds is 5. The zero-order valence-electron chi connectivity index (χ0n) is 16.5. The van der Waals surface area contributed by atoms with E-state index in [0.717, 1.165) is 11.1 Å². The highest BCUT2D eigenvalue weighted by atomic mass is 16.6. The van der Waals surface area contributed by atoms with Crippen molar-refractivity contribution in [3.63, 3.8) is 0 Å². The quantitative estimate of drug-likeness (QED) is 0.620. The van der Waals surface area contributed by atoms with Crippen molar-refractivity contribution in [2.24, 2.45) is 0 Å². The fourth-order valence-corrected chi connectivity index (χ4v) is 2.86. The van der Waals surface area contributed by atoms with E-state index in [4.69, 9.17) is 18.6 Å². The molecule has 0 fully saturated rings. The molecule has 0 aliphatic carbocycles. The topological polar surface area (TPSA) is 75.0 Å². The first-order valence-corrected chi connectivity index (χ1v) is 8.82. The number of benzene rings is 2. The lowest BCUT2D eigenvalue weighted by Gasteiger charge is -2.16. The second kappa shape index (κ2) is 7.76. The van der Waals surface area contributed by atoms with Gasteiger partial charge in [0.15, 0.2) is 11.9 Å². The zero-order valence-corrected chi connectivity index (χ0v) is 16.5. The molecule has 1 heterocycles. The van der Waals surface area contributed by atoms with E-state index in [1.807, 2.05) is 19.9 Å². The minimum absolute atomic E-state index is 0.0289. The molecular formula is C22H22O6. The van der Waals surface area contributed by atoms with Crippen LogP contribution >= 0.6 is 0 Å². The third kappa shape index (κ3) is 3.58. The number of hydrogen-bond acceptors (Lipinski definition) is 6. The number of hydrogen-bond donors (Lipinski definition) is 0. The van der Waals surface area contributed by atoms with Gasteiger partial charge < -0.3 is 18.6 Å². The van der Waals surface area contributed by atoms with Gasteiger partial charge in [0.05, 0.1) is 19.6 Å². The molecule has 28 heavy (non-hydrogen) atoms. The summed E-state index contributed by atoms with van der Waals surface area (Å²) in [5, 5.41) is 0.396. The molecule has 0 saturated heterocycles. The Morgan fingerprint density at radius 2 is 1.68 bits per heavy atom. The summed E-state index contributed by atoms with van der Waals surface area (Å²) < 4.78 is 21.7. The summed E-state index contributed by atoms with van der Waals surface area (Å²) in [4.78, 5) is 25.0. The zero-order chi connectivity index (χ0) is 20.4. The van der Waals surface area contributed by atoms with Gasteiger partial charge in [-0.1, -0.05) is 0 Å². The third-order valence-electron chi connectivity index (χ3n) is 4.64. The third-order valence-corrected chi connectivity index (χ3v) is 4.64. The summed E-state index contributed by atoms with van der Waals surface area (Å²) in [6.07, 6.45) is -0.964. The Hall–Kier alpha value is -3.28. The standard InChI is InChI=1S/C22H22O6/c1-12-10-17-18(11-13(12)2)28-20(15-6-8-16(25-4)9-7-15)21(19(17)23)27-14(3)22(24)26-5/h6-11,14H,1-5H3/t14-/m0/s1. The van der Waals surface area contributed by atoms with E-state index in [2.05, 4.69) is 0 Å². The van der Waals surface area contributed by atoms with Gasteiger partial charge in [0.2, 0.25) is 11.2 Å². The minimum Gasteiger partial charge on any atom is -0.497 e. The lowest BCUT2D eigenvalue weighted by atomic mass is 10.0. The molecule has 6 heteroatoms. The van der Waals surface area contributed by atoms with Crippen LogP contribution in [0.1, 0.15) is 18.1 Å². The van der Waals surface area contributed by atoms with Crippen molar-refractivity contribution in [2.75, 3.05) is 14.2 Å². The van der Waals surface area contributed by atoms with Crippen LogP contribution in [0.4, 0.5) is 0 Å². The summed E-state index contributed by atoms with van der Waals surface area (Å²) in [5.41, 5.74) is 2.71. The minimum atomic E-state index is -0.964. The number of fused-ring (bicyclic) bond motifs is 1. The molecule has 3 rings (SSSR count). The van der Waals surface area contributed by atoms with Crippen LogP contribution in [0.15, 0.2) is 45.6 Å². The molecule has 0 N–H and O–H groups in total. The molecule has 1 aromatic heterocycles. The Balaban J connectivity index is 2.25. The fourth-order valence-electron chi connectivity index (χ4n) is 2.86. The molecule has 0 unspecified atom stereocenters. The van der Waals surface area contributed by atoms with Gasteiger partial charge in [-0.05, 0) is 68.3 Å². The van der Waals surface area contributed by atoms with Crippen LogP contribution < -0.4 is 14.9 Å². The number of carbonyl (C=O) groups excluding carboxylic acids is 1. The van der Waals surface area contributed by atoms with Crippen LogP contribution in [0.5, 0.6) is 11.5 Å². The maximum absolute atomic E-state index is 13.2. The Labute approximate surface area is 162 Å². The lowest BCUT2D eigenvalue weighted by molar-refractivity contribution is -0.147. The smallest absolute Gasteiger partial charge is 0.346 e. The molecule has 0 aliphatic rings. The van der Waals surface area contributed by atoms with E-state index >= 15 is 0 Å². The van der Waals surface area contributed by atoms with E-state index in [1.54, 1.807) is 37.4 Å². The molecule has 0 bridgehead atoms. The summed E-state index contributed by atoms with van der Waals surface area (Å²) in [7, 11) is 2.84. The maximum Gasteiger partial charge on any atom is 0.346 e. The van der Waals surface area contributed by atoms with Crippen LogP contribution in [0.3, 0.4) is 0 Å². The van der Waals surface area contributed by atoms with Gasteiger partial charge >= 0.3 is 5.97 Å². The van der Waals surface area contributed by atoms with Crippen LogP contribution in [0, 0.1) is 13.8 Å². The second-order valence-electron chi connectivity index (χ2n) is 6.53. The van der Waals surface area contributed by atoms with Crippen LogP contribution in [-0.2, 0) is 9.53 Å². The number of ether oxygens (including phenoxy) is 3.